The van der Waals surface area contributed by atoms with Gasteiger partial charge < -0.3 is 0 Å². The molecule has 0 aromatic rings. The highest BCUT2D eigenvalue weighted by atomic mass is 35.5. The van der Waals surface area contributed by atoms with Gasteiger partial charge >= 0.3 is 0 Å². The van der Waals surface area contributed by atoms with Crippen molar-refractivity contribution < 1.29 is 0 Å². The SMILES string of the molecule is ClC[Si](CCl)(C1CCCC1)C1CCCC1. The molecular weight excluding hydrogens is 243 g/mol. The molecule has 0 saturated heterocycles. The largest absolute Gasteiger partial charge is 0.130 e. The third kappa shape index (κ3) is 2.25. The summed E-state index contributed by atoms with van der Waals surface area (Å²) >= 11 is 12.7. The topological polar surface area (TPSA) is 0 Å². The van der Waals surface area contributed by atoms with Gasteiger partial charge in [0.15, 0.2) is 0 Å². The van der Waals surface area contributed by atoms with Gasteiger partial charge in [0.25, 0.3) is 0 Å². The minimum Gasteiger partial charge on any atom is -0.130 e. The van der Waals surface area contributed by atoms with Gasteiger partial charge in [-0.1, -0.05) is 51.4 Å². The molecule has 2 fully saturated rings. The van der Waals surface area contributed by atoms with Gasteiger partial charge in [-0.2, -0.15) is 0 Å². The lowest BCUT2D eigenvalue weighted by molar-refractivity contribution is 0.747. The Morgan fingerprint density at radius 3 is 1.33 bits per heavy atom. The molecule has 0 spiro atoms. The molecule has 88 valence electrons. The molecule has 2 aliphatic carbocycles. The maximum atomic E-state index is 6.36. The van der Waals surface area contributed by atoms with E-state index in [1.54, 1.807) is 0 Å². The van der Waals surface area contributed by atoms with E-state index in [0.29, 0.717) is 0 Å². The van der Waals surface area contributed by atoms with Crippen molar-refractivity contribution in [1.82, 2.24) is 0 Å². The molecule has 0 N–H and O–H groups in total. The van der Waals surface area contributed by atoms with Crippen molar-refractivity contribution in [3.8, 4) is 0 Å². The summed E-state index contributed by atoms with van der Waals surface area (Å²) in [7, 11) is -1.35. The number of hydrogen-bond donors (Lipinski definition) is 0. The quantitative estimate of drug-likeness (QED) is 0.502. The van der Waals surface area contributed by atoms with Crippen LogP contribution in [0.2, 0.25) is 11.1 Å². The Morgan fingerprint density at radius 2 is 1.07 bits per heavy atom. The van der Waals surface area contributed by atoms with Gasteiger partial charge in [-0.25, -0.2) is 0 Å². The molecule has 0 nitrogen and oxygen atoms in total. The average molecular weight is 265 g/mol. The lowest BCUT2D eigenvalue weighted by Crippen LogP contribution is -2.48. The zero-order chi connectivity index (χ0) is 10.7. The van der Waals surface area contributed by atoms with Gasteiger partial charge in [0.05, 0.1) is 8.07 Å². The third-order valence-electron chi connectivity index (χ3n) is 4.83. The molecule has 0 amide bonds. The lowest BCUT2D eigenvalue weighted by Gasteiger charge is -2.39. The number of alkyl halides is 2. The predicted octanol–water partition coefficient (Wildman–Crippen LogP) is 4.88. The monoisotopic (exact) mass is 264 g/mol. The van der Waals surface area contributed by atoms with E-state index in [1.165, 1.54) is 51.4 Å². The fourth-order valence-electron chi connectivity index (χ4n) is 3.81. The lowest BCUT2D eigenvalue weighted by atomic mass is 10.3. The molecule has 15 heavy (non-hydrogen) atoms. The van der Waals surface area contributed by atoms with Gasteiger partial charge in [-0.05, 0) is 11.1 Å². The van der Waals surface area contributed by atoms with Crippen LogP contribution in [0.25, 0.3) is 0 Å². The minimum atomic E-state index is -1.35. The van der Waals surface area contributed by atoms with Crippen molar-refractivity contribution in [3.63, 3.8) is 0 Å². The number of halogens is 2. The highest BCUT2D eigenvalue weighted by Gasteiger charge is 2.47. The Morgan fingerprint density at radius 1 is 0.733 bits per heavy atom. The first-order chi connectivity index (χ1) is 7.33. The fraction of sp³-hybridized carbons (Fsp3) is 1.00. The van der Waals surface area contributed by atoms with Gasteiger partial charge in [0.1, 0.15) is 0 Å². The van der Waals surface area contributed by atoms with Crippen LogP contribution in [0.3, 0.4) is 0 Å². The summed E-state index contributed by atoms with van der Waals surface area (Å²) in [6, 6.07) is 0. The first kappa shape index (κ1) is 12.3. The summed E-state index contributed by atoms with van der Waals surface area (Å²) in [6.07, 6.45) is 11.5. The van der Waals surface area contributed by atoms with E-state index in [2.05, 4.69) is 0 Å². The second-order valence-electron chi connectivity index (χ2n) is 5.46. The summed E-state index contributed by atoms with van der Waals surface area (Å²) in [4.78, 5) is 0. The van der Waals surface area contributed by atoms with Crippen LogP contribution in [0.4, 0.5) is 0 Å². The molecule has 0 atom stereocenters. The first-order valence-electron chi connectivity index (χ1n) is 6.45. The van der Waals surface area contributed by atoms with Crippen molar-refractivity contribution in [1.29, 1.82) is 0 Å². The van der Waals surface area contributed by atoms with E-state index >= 15 is 0 Å². The molecular formula is C12H22Cl2Si. The van der Waals surface area contributed by atoms with Crippen LogP contribution < -0.4 is 0 Å². The fourth-order valence-corrected chi connectivity index (χ4v) is 12.0. The van der Waals surface area contributed by atoms with Gasteiger partial charge in [0, 0.05) is 11.0 Å². The van der Waals surface area contributed by atoms with Crippen LogP contribution in [0.15, 0.2) is 0 Å². The molecule has 0 unspecified atom stereocenters. The van der Waals surface area contributed by atoms with E-state index in [4.69, 9.17) is 23.2 Å². The summed E-state index contributed by atoms with van der Waals surface area (Å²) in [6.45, 7) is 0. The molecule has 0 aromatic heterocycles. The minimum absolute atomic E-state index is 0.922. The highest BCUT2D eigenvalue weighted by molar-refractivity contribution is 6.92. The highest BCUT2D eigenvalue weighted by Crippen LogP contribution is 2.50. The van der Waals surface area contributed by atoms with Gasteiger partial charge in [-0.15, -0.1) is 23.2 Å². The van der Waals surface area contributed by atoms with Crippen molar-refractivity contribution in [3.05, 3.63) is 0 Å². The zero-order valence-electron chi connectivity index (χ0n) is 9.48. The van der Waals surface area contributed by atoms with Crippen LogP contribution in [0.1, 0.15) is 51.4 Å². The maximum Gasteiger partial charge on any atom is 0.0919 e. The normalized spacial score (nSPS) is 25.2. The summed E-state index contributed by atoms with van der Waals surface area (Å²) in [5.41, 5.74) is 3.75. The predicted molar refractivity (Wildman–Crippen MR) is 71.6 cm³/mol. The van der Waals surface area contributed by atoms with Crippen LogP contribution in [0.5, 0.6) is 0 Å². The van der Waals surface area contributed by atoms with Crippen molar-refractivity contribution in [2.24, 2.45) is 0 Å². The number of rotatable bonds is 4. The van der Waals surface area contributed by atoms with E-state index < -0.39 is 8.07 Å². The van der Waals surface area contributed by atoms with E-state index in [0.717, 1.165) is 22.1 Å². The van der Waals surface area contributed by atoms with E-state index in [1.807, 2.05) is 0 Å². The third-order valence-corrected chi connectivity index (χ3v) is 13.2. The summed E-state index contributed by atoms with van der Waals surface area (Å²) < 4.78 is 0. The maximum absolute atomic E-state index is 6.36. The summed E-state index contributed by atoms with van der Waals surface area (Å²) in [5, 5.41) is 0. The van der Waals surface area contributed by atoms with Gasteiger partial charge in [-0.3, -0.25) is 0 Å². The Kier molecular flexibility index (Phi) is 4.43. The van der Waals surface area contributed by atoms with Crippen molar-refractivity contribution >= 4 is 31.3 Å². The van der Waals surface area contributed by atoms with E-state index in [-0.39, 0.29) is 0 Å². The molecule has 2 aliphatic rings. The molecule has 0 radical (unpaired) electrons. The van der Waals surface area contributed by atoms with Crippen LogP contribution in [0, 0.1) is 0 Å². The van der Waals surface area contributed by atoms with Crippen LogP contribution in [-0.2, 0) is 0 Å². The molecule has 2 rings (SSSR count). The van der Waals surface area contributed by atoms with E-state index in [9.17, 15) is 0 Å². The average Bonchev–Trinajstić information content (AvgIpc) is 2.92. The van der Waals surface area contributed by atoms with Gasteiger partial charge in [0.2, 0.25) is 0 Å². The number of hydrogen-bond acceptors (Lipinski definition) is 0. The molecule has 3 heteroatoms. The Balaban J connectivity index is 2.13. The smallest absolute Gasteiger partial charge is 0.0919 e. The van der Waals surface area contributed by atoms with Crippen molar-refractivity contribution in [2.45, 2.75) is 62.4 Å². The molecule has 0 heterocycles. The molecule has 0 aliphatic heterocycles. The van der Waals surface area contributed by atoms with Crippen molar-refractivity contribution in [2.75, 3.05) is 11.0 Å². The van der Waals surface area contributed by atoms with Crippen LogP contribution >= 0.6 is 23.2 Å². The first-order valence-corrected chi connectivity index (χ1v) is 10.1. The molecule has 2 saturated carbocycles. The Bertz CT molecular complexity index is 174. The second-order valence-corrected chi connectivity index (χ2v) is 11.7. The zero-order valence-corrected chi connectivity index (χ0v) is 12.0. The Labute approximate surface area is 105 Å². The Hall–Kier alpha value is 0.797. The molecule has 0 bridgehead atoms. The standard InChI is InChI=1S/C12H22Cl2Si/c13-9-15(10-14,11-5-1-2-6-11)12-7-3-4-8-12/h11-12H,1-10H2. The second kappa shape index (κ2) is 5.42. The molecule has 0 aromatic carbocycles. The van der Waals surface area contributed by atoms with Crippen LogP contribution in [-0.4, -0.2) is 19.1 Å². The summed E-state index contributed by atoms with van der Waals surface area (Å²) in [5.74, 6) is 0.